The number of halogens is 2. The summed E-state index contributed by atoms with van der Waals surface area (Å²) in [5.74, 6) is 0. The van der Waals surface area contributed by atoms with Gasteiger partial charge in [-0.1, -0.05) is 49.2 Å². The molecule has 2 nitrogen and oxygen atoms in total. The van der Waals surface area contributed by atoms with Crippen molar-refractivity contribution in [1.29, 1.82) is 0 Å². The lowest BCUT2D eigenvalue weighted by molar-refractivity contribution is 0.513. The number of nitrogens with one attached hydrogen (secondary N) is 1. The summed E-state index contributed by atoms with van der Waals surface area (Å²) in [6.07, 6.45) is 4.53. The van der Waals surface area contributed by atoms with E-state index in [1.54, 1.807) is 12.3 Å². The molecule has 1 N–H and O–H groups in total. The van der Waals surface area contributed by atoms with Crippen LogP contribution in [0.2, 0.25) is 10.0 Å². The van der Waals surface area contributed by atoms with Crippen LogP contribution in [0.25, 0.3) is 0 Å². The largest absolute Gasteiger partial charge is 0.308 e. The molecule has 1 unspecified atom stereocenters. The van der Waals surface area contributed by atoms with Gasteiger partial charge in [0.05, 0.1) is 21.8 Å². The molecular weight excluding hydrogens is 267 g/mol. The van der Waals surface area contributed by atoms with E-state index < -0.39 is 0 Å². The Morgan fingerprint density at radius 1 is 1.44 bits per heavy atom. The molecule has 1 aromatic heterocycles. The van der Waals surface area contributed by atoms with Gasteiger partial charge in [-0.05, 0) is 31.9 Å². The molecule has 1 heterocycles. The minimum absolute atomic E-state index is 0.113. The minimum Gasteiger partial charge on any atom is -0.308 e. The van der Waals surface area contributed by atoms with E-state index in [1.807, 2.05) is 0 Å². The summed E-state index contributed by atoms with van der Waals surface area (Å²) in [6, 6.07) is 1.85. The standard InChI is InChI=1S/C14H20Cl2N2/c1-4-6-17-13(7-10(3)5-2)14-12(16)8-11(15)9-18-14/h8-9,13,17H,3-7H2,1-2H3. The average molecular weight is 287 g/mol. The molecule has 1 rings (SSSR count). The fraction of sp³-hybridized carbons (Fsp3) is 0.500. The lowest BCUT2D eigenvalue weighted by Gasteiger charge is -2.20. The lowest BCUT2D eigenvalue weighted by atomic mass is 10.0. The first kappa shape index (κ1) is 15.5. The Labute approximate surface area is 119 Å². The van der Waals surface area contributed by atoms with Crippen LogP contribution in [-0.4, -0.2) is 11.5 Å². The third-order valence-corrected chi connectivity index (χ3v) is 3.31. The zero-order valence-electron chi connectivity index (χ0n) is 11.0. The fourth-order valence-electron chi connectivity index (χ4n) is 1.70. The van der Waals surface area contributed by atoms with Gasteiger partial charge in [0, 0.05) is 6.20 Å². The van der Waals surface area contributed by atoms with Gasteiger partial charge in [-0.3, -0.25) is 4.98 Å². The molecule has 1 atom stereocenters. The van der Waals surface area contributed by atoms with Crippen LogP contribution in [0.5, 0.6) is 0 Å². The summed E-state index contributed by atoms with van der Waals surface area (Å²) in [5, 5.41) is 4.63. The van der Waals surface area contributed by atoms with Crippen molar-refractivity contribution in [3.05, 3.63) is 40.2 Å². The maximum Gasteiger partial charge on any atom is 0.0763 e. The van der Waals surface area contributed by atoms with Crippen LogP contribution in [0, 0.1) is 0 Å². The third-order valence-electron chi connectivity index (χ3n) is 2.80. The quantitative estimate of drug-likeness (QED) is 0.730. The molecular formula is C14H20Cl2N2. The highest BCUT2D eigenvalue weighted by Gasteiger charge is 2.16. The van der Waals surface area contributed by atoms with Crippen molar-refractivity contribution >= 4 is 23.2 Å². The van der Waals surface area contributed by atoms with Gasteiger partial charge in [0.25, 0.3) is 0 Å². The molecule has 0 radical (unpaired) electrons. The van der Waals surface area contributed by atoms with Gasteiger partial charge < -0.3 is 5.32 Å². The zero-order chi connectivity index (χ0) is 13.5. The van der Waals surface area contributed by atoms with Crippen molar-refractivity contribution in [3.8, 4) is 0 Å². The SMILES string of the molecule is C=C(CC)CC(NCCC)c1ncc(Cl)cc1Cl. The number of aromatic nitrogens is 1. The maximum atomic E-state index is 6.21. The number of hydrogen-bond acceptors (Lipinski definition) is 2. The molecule has 18 heavy (non-hydrogen) atoms. The topological polar surface area (TPSA) is 24.9 Å². The summed E-state index contributed by atoms with van der Waals surface area (Å²) in [7, 11) is 0. The molecule has 0 fully saturated rings. The van der Waals surface area contributed by atoms with E-state index in [0.29, 0.717) is 10.0 Å². The summed E-state index contributed by atoms with van der Waals surface area (Å²) < 4.78 is 0. The first-order valence-electron chi connectivity index (χ1n) is 6.29. The highest BCUT2D eigenvalue weighted by atomic mass is 35.5. The van der Waals surface area contributed by atoms with E-state index in [1.165, 1.54) is 5.57 Å². The van der Waals surface area contributed by atoms with Gasteiger partial charge in [0.2, 0.25) is 0 Å². The van der Waals surface area contributed by atoms with E-state index in [0.717, 1.165) is 31.5 Å². The molecule has 0 aliphatic carbocycles. The second kappa shape index (κ2) is 7.78. The predicted octanol–water partition coefficient (Wildman–Crippen LogP) is 4.79. The van der Waals surface area contributed by atoms with Crippen LogP contribution in [-0.2, 0) is 0 Å². The van der Waals surface area contributed by atoms with Gasteiger partial charge in [0.15, 0.2) is 0 Å². The second-order valence-electron chi connectivity index (χ2n) is 4.33. The van der Waals surface area contributed by atoms with Gasteiger partial charge in [0.1, 0.15) is 0 Å². The van der Waals surface area contributed by atoms with E-state index in [2.05, 4.69) is 30.7 Å². The van der Waals surface area contributed by atoms with Crippen LogP contribution >= 0.6 is 23.2 Å². The van der Waals surface area contributed by atoms with Gasteiger partial charge in [-0.2, -0.15) is 0 Å². The number of nitrogens with zero attached hydrogens (tertiary/aromatic N) is 1. The number of pyridine rings is 1. The lowest BCUT2D eigenvalue weighted by Crippen LogP contribution is -2.23. The molecule has 0 aromatic carbocycles. The molecule has 0 aliphatic rings. The number of rotatable bonds is 7. The Morgan fingerprint density at radius 3 is 2.72 bits per heavy atom. The van der Waals surface area contributed by atoms with Crippen molar-refractivity contribution in [2.45, 2.75) is 39.2 Å². The van der Waals surface area contributed by atoms with Crippen LogP contribution in [0.3, 0.4) is 0 Å². The summed E-state index contributed by atoms with van der Waals surface area (Å²) in [6.45, 7) is 9.23. The first-order chi connectivity index (χ1) is 8.58. The molecule has 0 spiro atoms. The minimum atomic E-state index is 0.113. The summed E-state index contributed by atoms with van der Waals surface area (Å²) >= 11 is 12.1. The maximum absolute atomic E-state index is 6.21. The Hall–Kier alpha value is -0.570. The predicted molar refractivity (Wildman–Crippen MR) is 79.3 cm³/mol. The van der Waals surface area contributed by atoms with Crippen LogP contribution in [0.15, 0.2) is 24.4 Å². The van der Waals surface area contributed by atoms with Gasteiger partial charge in [-0.15, -0.1) is 0 Å². The Balaban J connectivity index is 2.89. The highest BCUT2D eigenvalue weighted by Crippen LogP contribution is 2.28. The highest BCUT2D eigenvalue weighted by molar-refractivity contribution is 6.34. The fourth-order valence-corrected chi connectivity index (χ4v) is 2.21. The van der Waals surface area contributed by atoms with Gasteiger partial charge >= 0.3 is 0 Å². The van der Waals surface area contributed by atoms with Crippen LogP contribution in [0.4, 0.5) is 0 Å². The molecule has 1 aromatic rings. The van der Waals surface area contributed by atoms with Crippen molar-refractivity contribution in [2.24, 2.45) is 0 Å². The van der Waals surface area contributed by atoms with E-state index >= 15 is 0 Å². The van der Waals surface area contributed by atoms with E-state index in [-0.39, 0.29) is 6.04 Å². The molecule has 0 saturated heterocycles. The second-order valence-corrected chi connectivity index (χ2v) is 5.18. The monoisotopic (exact) mass is 286 g/mol. The van der Waals surface area contributed by atoms with E-state index in [4.69, 9.17) is 23.2 Å². The smallest absolute Gasteiger partial charge is 0.0763 e. The molecule has 0 amide bonds. The molecule has 4 heteroatoms. The number of hydrogen-bond donors (Lipinski definition) is 1. The average Bonchev–Trinajstić information content (AvgIpc) is 2.34. The van der Waals surface area contributed by atoms with E-state index in [9.17, 15) is 0 Å². The van der Waals surface area contributed by atoms with Crippen molar-refractivity contribution in [3.63, 3.8) is 0 Å². The Bertz CT molecular complexity index is 405. The summed E-state index contributed by atoms with van der Waals surface area (Å²) in [5.41, 5.74) is 2.04. The normalized spacial score (nSPS) is 12.4. The summed E-state index contributed by atoms with van der Waals surface area (Å²) in [4.78, 5) is 4.35. The molecule has 100 valence electrons. The Morgan fingerprint density at radius 2 is 2.17 bits per heavy atom. The molecule has 0 aliphatic heterocycles. The third kappa shape index (κ3) is 4.60. The first-order valence-corrected chi connectivity index (χ1v) is 7.05. The van der Waals surface area contributed by atoms with Crippen LogP contribution in [0.1, 0.15) is 44.8 Å². The van der Waals surface area contributed by atoms with Crippen molar-refractivity contribution in [2.75, 3.05) is 6.54 Å². The zero-order valence-corrected chi connectivity index (χ0v) is 12.5. The van der Waals surface area contributed by atoms with Crippen LogP contribution < -0.4 is 5.32 Å². The van der Waals surface area contributed by atoms with Gasteiger partial charge in [-0.25, -0.2) is 0 Å². The van der Waals surface area contributed by atoms with Crippen molar-refractivity contribution in [1.82, 2.24) is 10.3 Å². The Kier molecular flexibility index (Phi) is 6.69. The van der Waals surface area contributed by atoms with Crippen molar-refractivity contribution < 1.29 is 0 Å². The molecule has 0 bridgehead atoms. The molecule has 0 saturated carbocycles.